The zero-order valence-electron chi connectivity index (χ0n) is 18.6. The minimum atomic E-state index is -2.00. The maximum atomic E-state index is 13.4. The van der Waals surface area contributed by atoms with Crippen molar-refractivity contribution in [1.82, 2.24) is 0 Å². The van der Waals surface area contributed by atoms with E-state index in [4.69, 9.17) is 4.43 Å². The third kappa shape index (κ3) is 4.33. The Labute approximate surface area is 174 Å². The lowest BCUT2D eigenvalue weighted by Crippen LogP contribution is -2.44. The molecule has 1 atom stereocenters. The zero-order chi connectivity index (χ0) is 21.3. The van der Waals surface area contributed by atoms with Crippen molar-refractivity contribution in [3.8, 4) is 5.75 Å². The molecule has 0 aromatic heterocycles. The highest BCUT2D eigenvalue weighted by Crippen LogP contribution is 2.42. The molecule has 0 saturated heterocycles. The molecule has 0 fully saturated rings. The summed E-state index contributed by atoms with van der Waals surface area (Å²) < 4.78 is 20.2. The van der Waals surface area contributed by atoms with Gasteiger partial charge in [0.15, 0.2) is 0 Å². The van der Waals surface area contributed by atoms with E-state index in [1.807, 2.05) is 36.4 Å². The van der Waals surface area contributed by atoms with Gasteiger partial charge in [0.2, 0.25) is 0 Å². The van der Waals surface area contributed by atoms with E-state index >= 15 is 0 Å². The number of rotatable bonds is 6. The highest BCUT2D eigenvalue weighted by Gasteiger charge is 2.40. The van der Waals surface area contributed by atoms with Crippen LogP contribution in [-0.2, 0) is 17.2 Å². The minimum Gasteiger partial charge on any atom is -0.543 e. The molecule has 4 heteroatoms. The van der Waals surface area contributed by atoms with E-state index < -0.39 is 19.1 Å². The van der Waals surface area contributed by atoms with Gasteiger partial charge in [0.1, 0.15) is 5.75 Å². The average Bonchev–Trinajstić information content (AvgIpc) is 2.62. The van der Waals surface area contributed by atoms with Crippen molar-refractivity contribution in [2.24, 2.45) is 0 Å². The summed E-state index contributed by atoms with van der Waals surface area (Å²) in [5, 5.41) is 0.109. The van der Waals surface area contributed by atoms with Gasteiger partial charge in [-0.1, -0.05) is 45.0 Å². The molecule has 1 unspecified atom stereocenters. The van der Waals surface area contributed by atoms with Crippen LogP contribution in [0.15, 0.2) is 52.8 Å². The van der Waals surface area contributed by atoms with Crippen molar-refractivity contribution in [1.29, 1.82) is 0 Å². The highest BCUT2D eigenvalue weighted by atomic mass is 32.2. The van der Waals surface area contributed by atoms with Crippen LogP contribution in [0.5, 0.6) is 5.75 Å². The average molecular weight is 415 g/mol. The summed E-state index contributed by atoms with van der Waals surface area (Å²) in [5.41, 5.74) is 4.31. The molecule has 2 aromatic carbocycles. The quantitative estimate of drug-likeness (QED) is 0.380. The van der Waals surface area contributed by atoms with Crippen LogP contribution >= 0.6 is 0 Å². The maximum absolute atomic E-state index is 13.4. The standard InChI is InChI=1S/C24H34O2SSi/c1-10-14-21-19(4)23(27(25)20-15-12-11-13-16-20)18(3)17(2)22(21)26-28(8,9)24(5,6)7/h10-13,15-16H,1,14H2,2-9H3. The molecule has 0 heterocycles. The smallest absolute Gasteiger partial charge is 0.250 e. The van der Waals surface area contributed by atoms with Crippen LogP contribution in [0.3, 0.4) is 0 Å². The lowest BCUT2D eigenvalue weighted by Gasteiger charge is -2.38. The van der Waals surface area contributed by atoms with Crippen molar-refractivity contribution >= 4 is 19.1 Å². The molecule has 0 bridgehead atoms. The Kier molecular flexibility index (Phi) is 6.77. The Morgan fingerprint density at radius 3 is 2.11 bits per heavy atom. The van der Waals surface area contributed by atoms with Crippen LogP contribution in [-0.4, -0.2) is 12.5 Å². The Morgan fingerprint density at radius 1 is 1.04 bits per heavy atom. The summed E-state index contributed by atoms with van der Waals surface area (Å²) in [5.74, 6) is 0.968. The third-order valence-corrected chi connectivity index (χ3v) is 12.0. The van der Waals surface area contributed by atoms with Gasteiger partial charge in [-0.25, -0.2) is 4.21 Å². The summed E-state index contributed by atoms with van der Waals surface area (Å²) in [4.78, 5) is 1.74. The van der Waals surface area contributed by atoms with E-state index in [1.165, 1.54) is 0 Å². The van der Waals surface area contributed by atoms with E-state index in [9.17, 15) is 4.21 Å². The van der Waals surface area contributed by atoms with Crippen molar-refractivity contribution < 1.29 is 8.63 Å². The Bertz CT molecular complexity index is 893. The fraction of sp³-hybridized carbons (Fsp3) is 0.417. The van der Waals surface area contributed by atoms with Gasteiger partial charge in [-0.2, -0.15) is 0 Å². The maximum Gasteiger partial charge on any atom is 0.250 e. The fourth-order valence-corrected chi connectivity index (χ4v) is 5.60. The van der Waals surface area contributed by atoms with Gasteiger partial charge >= 0.3 is 0 Å². The van der Waals surface area contributed by atoms with E-state index in [0.717, 1.165) is 37.8 Å². The summed E-state index contributed by atoms with van der Waals surface area (Å²) in [6, 6.07) is 9.68. The zero-order valence-corrected chi connectivity index (χ0v) is 20.4. The molecule has 0 spiro atoms. The Balaban J connectivity index is 2.71. The minimum absolute atomic E-state index is 0.109. The fourth-order valence-electron chi connectivity index (χ4n) is 3.03. The van der Waals surface area contributed by atoms with Gasteiger partial charge < -0.3 is 4.43 Å². The van der Waals surface area contributed by atoms with Crippen molar-refractivity contribution in [3.63, 3.8) is 0 Å². The SMILES string of the molecule is C=CCc1c(C)c(S(=O)c2ccccc2)c(C)c(C)c1O[Si](C)(C)C(C)(C)C. The molecule has 152 valence electrons. The second-order valence-corrected chi connectivity index (χ2v) is 15.1. The van der Waals surface area contributed by atoms with Crippen molar-refractivity contribution in [2.75, 3.05) is 0 Å². The molecule has 0 saturated carbocycles. The van der Waals surface area contributed by atoms with E-state index in [-0.39, 0.29) is 5.04 Å². The van der Waals surface area contributed by atoms with E-state index in [1.54, 1.807) is 0 Å². The molecule has 0 aliphatic rings. The van der Waals surface area contributed by atoms with E-state index in [0.29, 0.717) is 6.42 Å². The summed E-state index contributed by atoms with van der Waals surface area (Å²) in [6.45, 7) is 21.5. The molecule has 2 rings (SSSR count). The van der Waals surface area contributed by atoms with Gasteiger partial charge in [-0.15, -0.1) is 6.58 Å². The summed E-state index contributed by atoms with van der Waals surface area (Å²) in [6.07, 6.45) is 2.61. The molecule has 0 amide bonds. The normalized spacial score (nSPS) is 13.3. The second-order valence-electron chi connectivity index (χ2n) is 8.95. The largest absolute Gasteiger partial charge is 0.543 e. The third-order valence-electron chi connectivity index (χ3n) is 5.97. The molecule has 28 heavy (non-hydrogen) atoms. The van der Waals surface area contributed by atoms with Gasteiger partial charge in [-0.05, 0) is 74.1 Å². The van der Waals surface area contributed by atoms with Crippen LogP contribution in [0.25, 0.3) is 0 Å². The monoisotopic (exact) mass is 414 g/mol. The topological polar surface area (TPSA) is 26.3 Å². The van der Waals surface area contributed by atoms with Crippen LogP contribution in [0.4, 0.5) is 0 Å². The molecule has 2 nitrogen and oxygen atoms in total. The highest BCUT2D eigenvalue weighted by molar-refractivity contribution is 7.85. The molecular formula is C24H34O2SSi. The predicted octanol–water partition coefficient (Wildman–Crippen LogP) is 6.89. The number of hydrogen-bond donors (Lipinski definition) is 0. The van der Waals surface area contributed by atoms with Crippen molar-refractivity contribution in [2.45, 2.75) is 75.9 Å². The first-order valence-corrected chi connectivity index (χ1v) is 13.9. The van der Waals surface area contributed by atoms with Gasteiger partial charge in [0.25, 0.3) is 8.32 Å². The molecule has 0 radical (unpaired) electrons. The predicted molar refractivity (Wildman–Crippen MR) is 123 cm³/mol. The Morgan fingerprint density at radius 2 is 1.61 bits per heavy atom. The lowest BCUT2D eigenvalue weighted by molar-refractivity contribution is 0.483. The van der Waals surface area contributed by atoms with Crippen LogP contribution < -0.4 is 4.43 Å². The number of benzene rings is 2. The first-order chi connectivity index (χ1) is 12.9. The summed E-state index contributed by atoms with van der Waals surface area (Å²) in [7, 11) is -3.22. The summed E-state index contributed by atoms with van der Waals surface area (Å²) >= 11 is 0. The lowest BCUT2D eigenvalue weighted by atomic mass is 9.97. The van der Waals surface area contributed by atoms with Gasteiger partial charge in [-0.3, -0.25) is 0 Å². The number of hydrogen-bond acceptors (Lipinski definition) is 2. The molecule has 0 aliphatic carbocycles. The second kappa shape index (κ2) is 8.38. The molecular weight excluding hydrogens is 380 g/mol. The molecule has 0 N–H and O–H groups in total. The first kappa shape index (κ1) is 22.6. The molecule has 2 aromatic rings. The first-order valence-electron chi connectivity index (χ1n) is 9.81. The van der Waals surface area contributed by atoms with Crippen LogP contribution in [0, 0.1) is 20.8 Å². The van der Waals surface area contributed by atoms with Gasteiger partial charge in [0, 0.05) is 10.5 Å². The van der Waals surface area contributed by atoms with E-state index in [2.05, 4.69) is 61.2 Å². The Hall–Kier alpha value is -1.65. The molecule has 0 aliphatic heterocycles. The van der Waals surface area contributed by atoms with Crippen molar-refractivity contribution in [3.05, 3.63) is 65.2 Å². The van der Waals surface area contributed by atoms with Crippen LogP contribution in [0.1, 0.15) is 43.0 Å². The van der Waals surface area contributed by atoms with Crippen LogP contribution in [0.2, 0.25) is 18.1 Å². The van der Waals surface area contributed by atoms with Gasteiger partial charge in [0.05, 0.1) is 15.7 Å². The number of allylic oxidation sites excluding steroid dienone is 1.